The van der Waals surface area contributed by atoms with Crippen LogP contribution in [0.3, 0.4) is 0 Å². The minimum absolute atomic E-state index is 0.0998. The average molecular weight is 360 g/mol. The molecule has 1 saturated heterocycles. The van der Waals surface area contributed by atoms with Gasteiger partial charge in [-0.2, -0.15) is 0 Å². The van der Waals surface area contributed by atoms with Gasteiger partial charge >= 0.3 is 6.01 Å². The highest BCUT2D eigenvalue weighted by molar-refractivity contribution is 6.39. The van der Waals surface area contributed by atoms with Crippen molar-refractivity contribution >= 4 is 23.6 Å². The molecule has 138 valence electrons. The maximum absolute atomic E-state index is 12.6. The molecule has 0 radical (unpaired) electrons. The summed E-state index contributed by atoms with van der Waals surface area (Å²) in [6, 6.07) is 0.358. The van der Waals surface area contributed by atoms with Gasteiger partial charge in [-0.1, -0.05) is 18.9 Å². The van der Waals surface area contributed by atoms with E-state index >= 15 is 0 Å². The molecule has 2 unspecified atom stereocenters. The van der Waals surface area contributed by atoms with E-state index in [0.29, 0.717) is 18.9 Å². The van der Waals surface area contributed by atoms with E-state index in [1.807, 2.05) is 13.8 Å². The van der Waals surface area contributed by atoms with Gasteiger partial charge in [0, 0.05) is 18.9 Å². The van der Waals surface area contributed by atoms with Gasteiger partial charge < -0.3 is 25.4 Å². The smallest absolute Gasteiger partial charge is 0.316 e. The van der Waals surface area contributed by atoms with E-state index in [0.717, 1.165) is 5.56 Å². The molecule has 1 fully saturated rings. The Balaban J connectivity index is 1.68. The quantitative estimate of drug-likeness (QED) is 0.534. The Morgan fingerprint density at radius 2 is 2.15 bits per heavy atom. The van der Waals surface area contributed by atoms with E-state index in [4.69, 9.17) is 4.42 Å². The van der Waals surface area contributed by atoms with Gasteiger partial charge in [0.15, 0.2) is 0 Å². The summed E-state index contributed by atoms with van der Waals surface area (Å²) in [5, 5.41) is 15.8. The van der Waals surface area contributed by atoms with E-state index in [1.165, 1.54) is 0 Å². The van der Waals surface area contributed by atoms with Crippen LogP contribution in [0.4, 0.5) is 6.01 Å². The molecule has 0 spiro atoms. The number of amides is 2. The van der Waals surface area contributed by atoms with Crippen LogP contribution in [0.5, 0.6) is 0 Å². The molecule has 0 saturated carbocycles. The predicted octanol–water partition coefficient (Wildman–Crippen LogP) is 0.0750. The fourth-order valence-corrected chi connectivity index (χ4v) is 2.63. The molecule has 0 aromatic carbocycles. The van der Waals surface area contributed by atoms with E-state index in [9.17, 15) is 14.4 Å². The molecule has 1 aliphatic heterocycles. The molecule has 4 N–H and O–H groups in total. The number of rotatable bonds is 6. The Morgan fingerprint density at radius 3 is 2.85 bits per heavy atom. The van der Waals surface area contributed by atoms with Gasteiger partial charge in [0.25, 0.3) is 11.8 Å². The summed E-state index contributed by atoms with van der Waals surface area (Å²) in [6.07, 6.45) is 3.80. The van der Waals surface area contributed by atoms with E-state index < -0.39 is 29.7 Å². The maximum atomic E-state index is 12.6. The molecule has 2 aromatic heterocycles. The standard InChI is InChI=1S/C16H20N6O4/c1-8(2)11(13(24)19-10-4-6-18-14(25)12(10)23)20-16-22-21-15(26-16)9-3-5-17-7-9/h3,5,7-8,10-11,17H,4,6H2,1-2H3,(H,18,25)(H,19,24)(H,20,22). The Kier molecular flexibility index (Phi) is 5.01. The molecular formula is C16H20N6O4. The first kappa shape index (κ1) is 17.6. The lowest BCUT2D eigenvalue weighted by atomic mass is 10.0. The number of ketones is 1. The third-order valence-corrected chi connectivity index (χ3v) is 4.07. The fourth-order valence-electron chi connectivity index (χ4n) is 2.63. The van der Waals surface area contributed by atoms with Crippen molar-refractivity contribution in [3.8, 4) is 11.5 Å². The van der Waals surface area contributed by atoms with Crippen molar-refractivity contribution in [2.24, 2.45) is 5.92 Å². The largest absolute Gasteiger partial charge is 0.403 e. The molecule has 3 rings (SSSR count). The summed E-state index contributed by atoms with van der Waals surface area (Å²) in [5.41, 5.74) is 0.731. The van der Waals surface area contributed by atoms with Crippen LogP contribution in [0, 0.1) is 5.92 Å². The Labute approximate surface area is 149 Å². The van der Waals surface area contributed by atoms with Crippen LogP contribution in [-0.4, -0.2) is 51.4 Å². The number of nitrogens with zero attached hydrogens (tertiary/aromatic N) is 2. The van der Waals surface area contributed by atoms with Gasteiger partial charge in [-0.25, -0.2) is 0 Å². The molecule has 26 heavy (non-hydrogen) atoms. The Hall–Kier alpha value is -3.17. The van der Waals surface area contributed by atoms with Gasteiger partial charge in [0.2, 0.25) is 11.7 Å². The topological polar surface area (TPSA) is 142 Å². The Morgan fingerprint density at radius 1 is 1.35 bits per heavy atom. The number of hydrogen-bond donors (Lipinski definition) is 4. The number of aromatic amines is 1. The highest BCUT2D eigenvalue weighted by atomic mass is 16.4. The number of carbonyl (C=O) groups is 3. The number of Topliss-reactive ketones (excluding diaryl/α,β-unsaturated/α-hetero) is 1. The normalized spacial score (nSPS) is 18.5. The summed E-state index contributed by atoms with van der Waals surface area (Å²) in [5.74, 6) is -1.53. The summed E-state index contributed by atoms with van der Waals surface area (Å²) in [4.78, 5) is 38.8. The molecule has 2 amide bonds. The molecule has 3 heterocycles. The van der Waals surface area contributed by atoms with Crippen molar-refractivity contribution < 1.29 is 18.8 Å². The first-order valence-electron chi connectivity index (χ1n) is 8.31. The molecular weight excluding hydrogens is 340 g/mol. The van der Waals surface area contributed by atoms with Crippen LogP contribution >= 0.6 is 0 Å². The van der Waals surface area contributed by atoms with Crippen molar-refractivity contribution in [2.75, 3.05) is 11.9 Å². The second kappa shape index (κ2) is 7.38. The van der Waals surface area contributed by atoms with Gasteiger partial charge in [-0.05, 0) is 18.4 Å². The van der Waals surface area contributed by atoms with Gasteiger partial charge in [0.05, 0.1) is 11.6 Å². The second-order valence-electron chi connectivity index (χ2n) is 6.35. The molecule has 0 bridgehead atoms. The maximum Gasteiger partial charge on any atom is 0.316 e. The number of nitrogens with one attached hydrogen (secondary N) is 4. The molecule has 1 aliphatic rings. The number of piperidine rings is 1. The zero-order chi connectivity index (χ0) is 18.7. The lowest BCUT2D eigenvalue weighted by Gasteiger charge is -2.26. The van der Waals surface area contributed by atoms with Crippen LogP contribution in [-0.2, 0) is 14.4 Å². The van der Waals surface area contributed by atoms with Crippen LogP contribution < -0.4 is 16.0 Å². The summed E-state index contributed by atoms with van der Waals surface area (Å²) >= 11 is 0. The molecule has 10 nitrogen and oxygen atoms in total. The van der Waals surface area contributed by atoms with Crippen LogP contribution in [0.15, 0.2) is 22.9 Å². The van der Waals surface area contributed by atoms with Crippen molar-refractivity contribution in [1.82, 2.24) is 25.8 Å². The average Bonchev–Trinajstić information content (AvgIpc) is 3.27. The first-order chi connectivity index (χ1) is 12.5. The minimum atomic E-state index is -0.822. The van der Waals surface area contributed by atoms with E-state index in [-0.39, 0.29) is 11.9 Å². The van der Waals surface area contributed by atoms with Crippen LogP contribution in [0.2, 0.25) is 0 Å². The third-order valence-electron chi connectivity index (χ3n) is 4.07. The number of H-pyrrole nitrogens is 1. The van der Waals surface area contributed by atoms with Gasteiger partial charge in [-0.15, -0.1) is 5.10 Å². The molecule has 2 atom stereocenters. The highest BCUT2D eigenvalue weighted by Crippen LogP contribution is 2.20. The summed E-state index contributed by atoms with van der Waals surface area (Å²) in [7, 11) is 0. The van der Waals surface area contributed by atoms with Crippen molar-refractivity contribution in [3.05, 3.63) is 18.5 Å². The lowest BCUT2D eigenvalue weighted by molar-refractivity contribution is -0.141. The van der Waals surface area contributed by atoms with E-state index in [1.54, 1.807) is 18.5 Å². The van der Waals surface area contributed by atoms with Crippen LogP contribution in [0.1, 0.15) is 20.3 Å². The SMILES string of the molecule is CC(C)C(Nc1nnc(-c2cc[nH]c2)o1)C(=O)NC1CCNC(=O)C1=O. The predicted molar refractivity (Wildman–Crippen MR) is 90.9 cm³/mol. The van der Waals surface area contributed by atoms with Crippen molar-refractivity contribution in [2.45, 2.75) is 32.4 Å². The first-order valence-corrected chi connectivity index (χ1v) is 8.31. The lowest BCUT2D eigenvalue weighted by Crippen LogP contribution is -2.56. The number of carbonyl (C=O) groups excluding carboxylic acids is 3. The Bertz CT molecular complexity index is 798. The zero-order valence-corrected chi connectivity index (χ0v) is 14.4. The highest BCUT2D eigenvalue weighted by Gasteiger charge is 2.33. The van der Waals surface area contributed by atoms with Crippen molar-refractivity contribution in [3.63, 3.8) is 0 Å². The van der Waals surface area contributed by atoms with E-state index in [2.05, 4.69) is 31.1 Å². The van der Waals surface area contributed by atoms with Gasteiger partial charge in [-0.3, -0.25) is 14.4 Å². The fraction of sp³-hybridized carbons (Fsp3) is 0.438. The monoisotopic (exact) mass is 360 g/mol. The molecule has 0 aliphatic carbocycles. The third kappa shape index (κ3) is 3.73. The summed E-state index contributed by atoms with van der Waals surface area (Å²) in [6.45, 7) is 4.03. The zero-order valence-electron chi connectivity index (χ0n) is 14.4. The van der Waals surface area contributed by atoms with Crippen molar-refractivity contribution in [1.29, 1.82) is 0 Å². The number of aromatic nitrogens is 3. The summed E-state index contributed by atoms with van der Waals surface area (Å²) < 4.78 is 5.52. The van der Waals surface area contributed by atoms with Gasteiger partial charge in [0.1, 0.15) is 6.04 Å². The van der Waals surface area contributed by atoms with Crippen LogP contribution in [0.25, 0.3) is 11.5 Å². The number of hydrogen-bond acceptors (Lipinski definition) is 7. The second-order valence-corrected chi connectivity index (χ2v) is 6.35. The molecule has 10 heteroatoms. The number of anilines is 1. The minimum Gasteiger partial charge on any atom is -0.403 e. The molecule has 2 aromatic rings.